The van der Waals surface area contributed by atoms with Gasteiger partial charge in [-0.25, -0.2) is 4.57 Å². The Hall–Kier alpha value is 0.0400. The monoisotopic (exact) mass is 244 g/mol. The summed E-state index contributed by atoms with van der Waals surface area (Å²) in [6, 6.07) is 0. The molecule has 0 spiro atoms. The molecule has 0 heterocycles. The van der Waals surface area contributed by atoms with Crippen LogP contribution in [0.2, 0.25) is 0 Å². The summed E-state index contributed by atoms with van der Waals surface area (Å²) in [4.78, 5) is 25.9. The van der Waals surface area contributed by atoms with Gasteiger partial charge in [0, 0.05) is 6.16 Å². The third-order valence-electron chi connectivity index (χ3n) is 1.57. The molecule has 0 aromatic heterocycles. The highest BCUT2D eigenvalue weighted by molar-refractivity contribution is 8.28. The molecule has 0 aliphatic rings. The summed E-state index contributed by atoms with van der Waals surface area (Å²) in [5.74, 6) is 0. The molecule has 6 nitrogen and oxygen atoms in total. The van der Waals surface area contributed by atoms with Gasteiger partial charge in [-0.2, -0.15) is 0 Å². The highest BCUT2D eigenvalue weighted by Crippen LogP contribution is 2.74. The average Bonchev–Trinajstić information content (AvgIpc) is 2.01. The van der Waals surface area contributed by atoms with Crippen LogP contribution in [0.3, 0.4) is 0 Å². The normalized spacial score (nSPS) is 17.9. The number of rotatable bonds is 5. The second kappa shape index (κ2) is 5.21. The standard InChI is InChI=1S/C6H14O6P2/c1-6(5-7)3-2-4-13(8,9)14(10,11)12/h3,7H,2,4-5H2,1H3,(H,8,9)(H2,10,11,12)/b6-3+. The predicted molar refractivity (Wildman–Crippen MR) is 52.2 cm³/mol. The van der Waals surface area contributed by atoms with E-state index in [0.29, 0.717) is 5.57 Å². The van der Waals surface area contributed by atoms with Gasteiger partial charge in [0.15, 0.2) is 0 Å². The van der Waals surface area contributed by atoms with E-state index < -0.39 is 20.5 Å². The average molecular weight is 244 g/mol. The first-order valence-corrected chi connectivity index (χ1v) is 8.01. The minimum absolute atomic E-state index is 0.0608. The second-order valence-electron chi connectivity index (χ2n) is 2.90. The highest BCUT2D eigenvalue weighted by atomic mass is 32.1. The number of allylic oxidation sites excluding steroid dienone is 1. The minimum Gasteiger partial charge on any atom is -0.392 e. The first kappa shape index (κ1) is 14.0. The molecular formula is C6H14O6P2. The zero-order valence-electron chi connectivity index (χ0n) is 7.70. The molecule has 0 aliphatic heterocycles. The summed E-state index contributed by atoms with van der Waals surface area (Å²) in [7, 11) is -9.32. The third kappa shape index (κ3) is 4.51. The Morgan fingerprint density at radius 2 is 1.79 bits per heavy atom. The molecule has 0 aromatic rings. The summed E-state index contributed by atoms with van der Waals surface area (Å²) in [5.41, 5.74) is 0.593. The zero-order valence-corrected chi connectivity index (χ0v) is 9.49. The summed E-state index contributed by atoms with van der Waals surface area (Å²) in [6.07, 6.45) is 1.05. The maximum atomic E-state index is 11.0. The molecule has 14 heavy (non-hydrogen) atoms. The smallest absolute Gasteiger partial charge is 0.392 e. The van der Waals surface area contributed by atoms with Gasteiger partial charge in [-0.15, -0.1) is 0 Å². The Morgan fingerprint density at radius 1 is 1.29 bits per heavy atom. The number of aliphatic hydroxyl groups is 1. The predicted octanol–water partition coefficient (Wildman–Crippen LogP) is 0.678. The topological polar surface area (TPSA) is 115 Å². The molecule has 1 atom stereocenters. The van der Waals surface area contributed by atoms with Crippen molar-refractivity contribution in [3.63, 3.8) is 0 Å². The molecule has 84 valence electrons. The summed E-state index contributed by atoms with van der Waals surface area (Å²) < 4.78 is 21.5. The van der Waals surface area contributed by atoms with Crippen LogP contribution in [0.4, 0.5) is 0 Å². The fourth-order valence-corrected chi connectivity index (χ4v) is 2.53. The van der Waals surface area contributed by atoms with Crippen LogP contribution in [-0.2, 0) is 9.13 Å². The Bertz CT molecular complexity index is 303. The molecule has 4 N–H and O–H groups in total. The Morgan fingerprint density at radius 3 is 2.14 bits per heavy atom. The molecule has 0 fully saturated rings. The van der Waals surface area contributed by atoms with E-state index in [1.807, 2.05) is 0 Å². The Kier molecular flexibility index (Phi) is 5.23. The van der Waals surface area contributed by atoms with Gasteiger partial charge in [0.2, 0.25) is 0 Å². The van der Waals surface area contributed by atoms with E-state index in [0.717, 1.165) is 0 Å². The van der Waals surface area contributed by atoms with E-state index in [-0.39, 0.29) is 13.0 Å². The maximum absolute atomic E-state index is 11.0. The molecule has 1 unspecified atom stereocenters. The van der Waals surface area contributed by atoms with E-state index in [9.17, 15) is 9.13 Å². The largest absolute Gasteiger partial charge is 0.407 e. The molecule has 0 aliphatic carbocycles. The van der Waals surface area contributed by atoms with Gasteiger partial charge in [-0.05, 0) is 13.3 Å². The highest BCUT2D eigenvalue weighted by Gasteiger charge is 2.38. The molecule has 0 saturated carbocycles. The first-order valence-electron chi connectivity index (χ1n) is 3.85. The molecule has 0 rings (SSSR count). The van der Waals surface area contributed by atoms with Crippen molar-refractivity contribution in [3.05, 3.63) is 11.6 Å². The second-order valence-corrected chi connectivity index (χ2v) is 9.14. The van der Waals surface area contributed by atoms with Crippen molar-refractivity contribution in [3.8, 4) is 0 Å². The van der Waals surface area contributed by atoms with Crippen molar-refractivity contribution in [1.82, 2.24) is 0 Å². The van der Waals surface area contributed by atoms with Gasteiger partial charge in [0.05, 0.1) is 6.61 Å². The summed E-state index contributed by atoms with van der Waals surface area (Å²) in [5, 5.41) is 8.57. The molecule has 0 aromatic carbocycles. The zero-order chi connectivity index (χ0) is 11.4. The van der Waals surface area contributed by atoms with Crippen LogP contribution in [0.15, 0.2) is 11.6 Å². The van der Waals surface area contributed by atoms with Crippen LogP contribution in [0.25, 0.3) is 0 Å². The molecular weight excluding hydrogens is 230 g/mol. The molecule has 0 saturated heterocycles. The lowest BCUT2D eigenvalue weighted by atomic mass is 10.3. The van der Waals surface area contributed by atoms with E-state index in [1.54, 1.807) is 6.92 Å². The Balaban J connectivity index is 4.29. The third-order valence-corrected chi connectivity index (χ3v) is 6.27. The van der Waals surface area contributed by atoms with Crippen LogP contribution in [0.5, 0.6) is 0 Å². The van der Waals surface area contributed by atoms with Crippen molar-refractivity contribution in [1.29, 1.82) is 0 Å². The van der Waals surface area contributed by atoms with Crippen LogP contribution < -0.4 is 0 Å². The van der Waals surface area contributed by atoms with E-state index in [4.69, 9.17) is 19.8 Å². The van der Waals surface area contributed by atoms with Crippen molar-refractivity contribution in [2.75, 3.05) is 12.8 Å². The molecule has 0 amide bonds. The fraction of sp³-hybridized carbons (Fsp3) is 0.667. The van der Waals surface area contributed by atoms with Crippen LogP contribution >= 0.6 is 14.3 Å². The van der Waals surface area contributed by atoms with Crippen molar-refractivity contribution in [2.45, 2.75) is 13.3 Å². The van der Waals surface area contributed by atoms with Crippen molar-refractivity contribution < 1.29 is 28.9 Å². The van der Waals surface area contributed by atoms with Crippen LogP contribution in [-0.4, -0.2) is 32.6 Å². The van der Waals surface area contributed by atoms with Crippen LogP contribution in [0, 0.1) is 0 Å². The summed E-state index contributed by atoms with van der Waals surface area (Å²) >= 11 is 0. The number of hydrogen-bond donors (Lipinski definition) is 4. The van der Waals surface area contributed by atoms with E-state index in [1.165, 1.54) is 6.08 Å². The van der Waals surface area contributed by atoms with Gasteiger partial charge in [0.25, 0.3) is 0 Å². The van der Waals surface area contributed by atoms with Gasteiger partial charge in [-0.1, -0.05) is 11.6 Å². The first-order chi connectivity index (χ1) is 6.20. The lowest BCUT2D eigenvalue weighted by Gasteiger charge is -2.11. The summed E-state index contributed by atoms with van der Waals surface area (Å²) in [6.45, 7) is 1.44. The van der Waals surface area contributed by atoms with Gasteiger partial charge in [0.1, 0.15) is 0 Å². The molecule has 0 bridgehead atoms. The fourth-order valence-electron chi connectivity index (χ4n) is 0.674. The lowest BCUT2D eigenvalue weighted by molar-refractivity contribution is 0.331. The number of aliphatic hydroxyl groups excluding tert-OH is 1. The van der Waals surface area contributed by atoms with Crippen molar-refractivity contribution >= 4 is 14.3 Å². The van der Waals surface area contributed by atoms with E-state index in [2.05, 4.69) is 0 Å². The van der Waals surface area contributed by atoms with Crippen molar-refractivity contribution in [2.24, 2.45) is 0 Å². The SMILES string of the molecule is C/C(=C\CCP(=O)(O)P(=O)(O)O)CO. The Labute approximate surface area is 81.8 Å². The van der Waals surface area contributed by atoms with Gasteiger partial charge in [-0.3, -0.25) is 4.57 Å². The van der Waals surface area contributed by atoms with Gasteiger partial charge >= 0.3 is 14.3 Å². The quantitative estimate of drug-likeness (QED) is 0.417. The van der Waals surface area contributed by atoms with Crippen LogP contribution in [0.1, 0.15) is 13.3 Å². The van der Waals surface area contributed by atoms with E-state index >= 15 is 0 Å². The lowest BCUT2D eigenvalue weighted by Crippen LogP contribution is -1.91. The molecule has 8 heteroatoms. The van der Waals surface area contributed by atoms with Gasteiger partial charge < -0.3 is 19.8 Å². The maximum Gasteiger partial charge on any atom is 0.407 e. The molecule has 0 radical (unpaired) electrons. The number of hydrogen-bond acceptors (Lipinski definition) is 3. The minimum atomic E-state index is -4.92.